The lowest BCUT2D eigenvalue weighted by Gasteiger charge is -2.47. The van der Waals surface area contributed by atoms with Gasteiger partial charge in [-0.15, -0.1) is 11.3 Å². The standard InChI is InChI=1S/C40H39ClF2N8O5S2/c1-4-50(26-11-15-49(16-12-26)27-18-28(19-27)56-40(42)43)37-31(20-44)34-33(21-46-37)47-23(3)51(39(34)53)14-6-7-24-8-9-25(41)17-30(24)29-10-13-45-35-32(22-57-36(29)35)38(52)48-58(54,55)5-2/h8-10,13,17,21-22,26-28,40H,4-5,11-12,14-16,18-19H2,1-3H3,(H,48,52). The topological polar surface area (TPSA) is 163 Å². The SMILES string of the molecule is CCN(c1ncc2nc(C)n(CC#Cc3ccc(Cl)cc3-c3ccnc4c(C(=O)NS(=O)(=O)CC)csc34)c(=O)c2c1C#N)C1CCN(C2CC(OC(F)F)C2)CC1. The second kappa shape index (κ2) is 17.1. The Morgan fingerprint density at radius 1 is 1.17 bits per heavy atom. The number of hydrogen-bond acceptors (Lipinski definition) is 12. The van der Waals surface area contributed by atoms with Gasteiger partial charge in [-0.05, 0) is 70.7 Å². The molecule has 58 heavy (non-hydrogen) atoms. The minimum absolute atomic E-state index is 0.0422. The maximum atomic E-state index is 14.2. The first kappa shape index (κ1) is 41.1. The fourth-order valence-corrected chi connectivity index (χ4v) is 9.43. The summed E-state index contributed by atoms with van der Waals surface area (Å²) < 4.78 is 58.2. The molecule has 0 radical (unpaired) electrons. The van der Waals surface area contributed by atoms with Gasteiger partial charge in [-0.3, -0.25) is 19.1 Å². The Morgan fingerprint density at radius 3 is 2.62 bits per heavy atom. The van der Waals surface area contributed by atoms with E-state index < -0.39 is 34.2 Å². The van der Waals surface area contributed by atoms with Crippen LogP contribution in [0.15, 0.2) is 46.8 Å². The number of anilines is 1. The van der Waals surface area contributed by atoms with E-state index in [0.717, 1.165) is 25.9 Å². The van der Waals surface area contributed by atoms with Crippen molar-refractivity contribution in [3.63, 3.8) is 0 Å². The Bertz CT molecular complexity index is 2680. The third-order valence-corrected chi connectivity index (χ3v) is 13.3. The van der Waals surface area contributed by atoms with Crippen LogP contribution in [0.4, 0.5) is 14.6 Å². The Balaban J connectivity index is 1.15. The molecule has 0 atom stereocenters. The predicted molar refractivity (Wildman–Crippen MR) is 219 cm³/mol. The van der Waals surface area contributed by atoms with Crippen molar-refractivity contribution in [2.75, 3.05) is 30.3 Å². The van der Waals surface area contributed by atoms with E-state index in [1.807, 2.05) is 6.92 Å². The summed E-state index contributed by atoms with van der Waals surface area (Å²) in [6.07, 6.45) is 5.39. The van der Waals surface area contributed by atoms with Crippen molar-refractivity contribution in [3.05, 3.63) is 79.9 Å². The van der Waals surface area contributed by atoms with Gasteiger partial charge in [0.25, 0.3) is 11.5 Å². The third-order valence-electron chi connectivity index (χ3n) is 10.8. The molecule has 13 nitrogen and oxygen atoms in total. The van der Waals surface area contributed by atoms with Crippen molar-refractivity contribution >= 4 is 65.8 Å². The average molecular weight is 849 g/mol. The van der Waals surface area contributed by atoms with Gasteiger partial charge in [0.2, 0.25) is 10.0 Å². The van der Waals surface area contributed by atoms with E-state index in [0.29, 0.717) is 68.5 Å². The van der Waals surface area contributed by atoms with Gasteiger partial charge < -0.3 is 14.5 Å². The monoisotopic (exact) mass is 848 g/mol. The molecule has 1 aliphatic carbocycles. The van der Waals surface area contributed by atoms with Gasteiger partial charge in [0.05, 0.1) is 51.3 Å². The molecule has 0 bridgehead atoms. The zero-order valence-corrected chi connectivity index (χ0v) is 34.2. The lowest BCUT2D eigenvalue weighted by molar-refractivity contribution is -0.194. The maximum Gasteiger partial charge on any atom is 0.345 e. The Labute approximate surface area is 342 Å². The number of hydrogen-bond donors (Lipinski definition) is 1. The van der Waals surface area contributed by atoms with Gasteiger partial charge in [0, 0.05) is 65.0 Å². The van der Waals surface area contributed by atoms with Crippen LogP contribution in [0, 0.1) is 30.1 Å². The van der Waals surface area contributed by atoms with Crippen molar-refractivity contribution in [2.45, 2.75) is 77.8 Å². The summed E-state index contributed by atoms with van der Waals surface area (Å²) in [5.74, 6) is 6.04. The molecule has 1 saturated heterocycles. The molecular weight excluding hydrogens is 810 g/mol. The van der Waals surface area contributed by atoms with E-state index in [4.69, 9.17) is 11.6 Å². The van der Waals surface area contributed by atoms with Gasteiger partial charge in [0.1, 0.15) is 23.3 Å². The summed E-state index contributed by atoms with van der Waals surface area (Å²) in [4.78, 5) is 45.1. The van der Waals surface area contributed by atoms with Gasteiger partial charge in [-0.1, -0.05) is 23.4 Å². The highest BCUT2D eigenvalue weighted by Gasteiger charge is 2.38. The molecule has 302 valence electrons. The van der Waals surface area contributed by atoms with Gasteiger partial charge in [-0.2, -0.15) is 14.0 Å². The zero-order chi connectivity index (χ0) is 41.3. The van der Waals surface area contributed by atoms with E-state index in [9.17, 15) is 32.0 Å². The quantitative estimate of drug-likeness (QED) is 0.153. The number of fused-ring (bicyclic) bond motifs is 2. The van der Waals surface area contributed by atoms with E-state index in [1.165, 1.54) is 35.2 Å². The number of benzene rings is 1. The molecule has 18 heteroatoms. The number of rotatable bonds is 11. The number of nitrogens with one attached hydrogen (secondary N) is 1. The largest absolute Gasteiger partial charge is 0.353 e. The van der Waals surface area contributed by atoms with Crippen molar-refractivity contribution in [1.29, 1.82) is 5.26 Å². The smallest absolute Gasteiger partial charge is 0.345 e. The molecular formula is C40H39ClF2N8O5S2. The summed E-state index contributed by atoms with van der Waals surface area (Å²) >= 11 is 7.69. The van der Waals surface area contributed by atoms with Crippen molar-refractivity contribution < 1.29 is 26.7 Å². The van der Waals surface area contributed by atoms with Gasteiger partial charge >= 0.3 is 6.61 Å². The van der Waals surface area contributed by atoms with Crippen LogP contribution in [0.25, 0.3) is 32.2 Å². The molecule has 1 aliphatic heterocycles. The van der Waals surface area contributed by atoms with Crippen LogP contribution in [0.5, 0.6) is 0 Å². The zero-order valence-electron chi connectivity index (χ0n) is 31.8. The maximum absolute atomic E-state index is 14.2. The number of nitrogens with zero attached hydrogens (tertiary/aromatic N) is 7. The van der Waals surface area contributed by atoms with Crippen LogP contribution in [0.3, 0.4) is 0 Å². The number of carbonyl (C=O) groups excluding carboxylic acids is 1. The number of carbonyl (C=O) groups is 1. The fraction of sp³-hybridized carbons (Fsp3) is 0.400. The number of nitriles is 1. The Kier molecular flexibility index (Phi) is 12.1. The first-order chi connectivity index (χ1) is 27.8. The van der Waals surface area contributed by atoms with Crippen LogP contribution >= 0.6 is 22.9 Å². The van der Waals surface area contributed by atoms with Crippen LogP contribution in [0.1, 0.15) is 66.8 Å². The summed E-state index contributed by atoms with van der Waals surface area (Å²) in [6.45, 7) is 4.40. The summed E-state index contributed by atoms with van der Waals surface area (Å²) in [5, 5.41) is 12.6. The molecule has 1 aromatic carbocycles. The molecule has 7 rings (SSSR count). The summed E-state index contributed by atoms with van der Waals surface area (Å²) in [7, 11) is -3.79. The number of thiophene rings is 1. The molecule has 1 saturated carbocycles. The number of alkyl halides is 2. The third kappa shape index (κ3) is 8.28. The second-order valence-corrected chi connectivity index (χ2v) is 17.4. The number of pyridine rings is 2. The Hall–Kier alpha value is -5.04. The highest BCUT2D eigenvalue weighted by Crippen LogP contribution is 2.37. The first-order valence-corrected chi connectivity index (χ1v) is 21.7. The minimum atomic E-state index is -3.79. The van der Waals surface area contributed by atoms with Crippen molar-refractivity contribution in [3.8, 4) is 29.0 Å². The van der Waals surface area contributed by atoms with E-state index in [-0.39, 0.29) is 40.9 Å². The van der Waals surface area contributed by atoms with Crippen LogP contribution < -0.4 is 15.2 Å². The number of amides is 1. The van der Waals surface area contributed by atoms with Crippen LogP contribution in [-0.2, 0) is 21.3 Å². The van der Waals surface area contributed by atoms with Crippen molar-refractivity contribution in [2.24, 2.45) is 0 Å². The number of ether oxygens (including phenoxy) is 1. The fourth-order valence-electron chi connectivity index (χ4n) is 7.69. The highest BCUT2D eigenvalue weighted by atomic mass is 35.5. The number of halogens is 3. The molecule has 4 aromatic heterocycles. The molecule has 2 aliphatic rings. The van der Waals surface area contributed by atoms with Gasteiger partial charge in [0.15, 0.2) is 0 Å². The number of piperidine rings is 1. The molecule has 0 unspecified atom stereocenters. The second-order valence-electron chi connectivity index (χ2n) is 14.1. The summed E-state index contributed by atoms with van der Waals surface area (Å²) in [5.41, 5.74) is 2.39. The minimum Gasteiger partial charge on any atom is -0.353 e. The Morgan fingerprint density at radius 2 is 1.93 bits per heavy atom. The number of sulfonamides is 1. The molecule has 1 amide bonds. The van der Waals surface area contributed by atoms with E-state index >= 15 is 0 Å². The normalized spacial score (nSPS) is 17.5. The highest BCUT2D eigenvalue weighted by molar-refractivity contribution is 7.90. The first-order valence-electron chi connectivity index (χ1n) is 18.8. The summed E-state index contributed by atoms with van der Waals surface area (Å²) in [6, 6.07) is 9.46. The molecule has 2 fully saturated rings. The number of likely N-dealkylation sites (tertiary alicyclic amines) is 1. The molecule has 5 aromatic rings. The van der Waals surface area contributed by atoms with E-state index in [1.54, 1.807) is 36.6 Å². The van der Waals surface area contributed by atoms with Crippen molar-refractivity contribution in [1.82, 2.24) is 29.1 Å². The van der Waals surface area contributed by atoms with Gasteiger partial charge in [-0.25, -0.2) is 23.1 Å². The lowest BCUT2D eigenvalue weighted by Crippen LogP contribution is -2.54. The molecule has 1 N–H and O–H groups in total. The van der Waals surface area contributed by atoms with E-state index in [2.05, 4.69) is 52.1 Å². The lowest BCUT2D eigenvalue weighted by atomic mass is 9.86. The van der Waals surface area contributed by atoms with Crippen LogP contribution in [0.2, 0.25) is 5.02 Å². The average Bonchev–Trinajstić information content (AvgIpc) is 3.63. The predicted octanol–water partition coefficient (Wildman–Crippen LogP) is 6.09. The number of aromatic nitrogens is 4. The van der Waals surface area contributed by atoms with Crippen LogP contribution in [-0.4, -0.2) is 88.9 Å². The number of aryl methyl sites for hydroxylation is 1. The molecule has 0 spiro atoms. The molecule has 5 heterocycles.